The monoisotopic (exact) mass is 391 g/mol. The van der Waals surface area contributed by atoms with Crippen LogP contribution < -0.4 is 9.03 Å². The van der Waals surface area contributed by atoms with Crippen molar-refractivity contribution in [2.75, 3.05) is 23.7 Å². The average Bonchev–Trinajstić information content (AvgIpc) is 2.87. The van der Waals surface area contributed by atoms with Gasteiger partial charge in [0.25, 0.3) is 0 Å². The van der Waals surface area contributed by atoms with Gasteiger partial charge in [0.15, 0.2) is 5.82 Å². The van der Waals surface area contributed by atoms with E-state index in [0.717, 1.165) is 28.8 Å². The molecule has 0 atom stereocenters. The molecule has 1 heterocycles. The second-order valence-corrected chi connectivity index (χ2v) is 9.08. The molecule has 0 aliphatic heterocycles. The number of hydrogen-bond acceptors (Lipinski definition) is 6. The highest BCUT2D eigenvalue weighted by Crippen LogP contribution is 2.18. The quantitative estimate of drug-likeness (QED) is 0.759. The molecule has 11 heteroatoms. The van der Waals surface area contributed by atoms with Crippen LogP contribution in [0.3, 0.4) is 0 Å². The van der Waals surface area contributed by atoms with Crippen LogP contribution in [0.25, 0.3) is 0 Å². The number of aryl methyl sites for hydroxylation is 2. The molecule has 0 saturated heterocycles. The first-order valence-electron chi connectivity index (χ1n) is 7.17. The van der Waals surface area contributed by atoms with Crippen molar-refractivity contribution < 1.29 is 25.7 Å². The Hall–Kier alpha value is -1.98. The number of benzene rings is 1. The summed E-state index contributed by atoms with van der Waals surface area (Å²) in [4.78, 5) is -0.0721. The Balaban J connectivity index is 2.14. The number of nitrogens with one attached hydrogen (secondary N) is 1. The van der Waals surface area contributed by atoms with E-state index in [9.17, 15) is 21.2 Å². The van der Waals surface area contributed by atoms with Crippen molar-refractivity contribution in [2.24, 2.45) is 0 Å². The molecule has 2 aromatic rings. The average molecular weight is 391 g/mol. The molecule has 0 bridgehead atoms. The molecule has 0 spiro atoms. The molecule has 2 rings (SSSR count). The molecular formula is C14H18FN3O5S2. The summed E-state index contributed by atoms with van der Waals surface area (Å²) in [7, 11) is -7.58. The van der Waals surface area contributed by atoms with Crippen LogP contribution in [0.1, 0.15) is 11.3 Å². The van der Waals surface area contributed by atoms with Gasteiger partial charge in [-0.15, -0.1) is 0 Å². The second kappa shape index (κ2) is 7.10. The fraction of sp³-hybridized carbons (Fsp3) is 0.357. The first kappa shape index (κ1) is 19.3. The number of anilines is 1. The van der Waals surface area contributed by atoms with Crippen LogP contribution in [0.2, 0.25) is 0 Å². The number of halogens is 1. The van der Waals surface area contributed by atoms with Gasteiger partial charge in [-0.1, -0.05) is 5.16 Å². The number of aromatic nitrogens is 1. The maximum absolute atomic E-state index is 13.1. The number of sulfonamides is 2. The summed E-state index contributed by atoms with van der Waals surface area (Å²) in [5, 5.41) is 3.63. The van der Waals surface area contributed by atoms with Gasteiger partial charge in [0, 0.05) is 19.2 Å². The Bertz CT molecular complexity index is 970. The van der Waals surface area contributed by atoms with E-state index < -0.39 is 25.9 Å². The Labute approximate surface area is 145 Å². The Morgan fingerprint density at radius 2 is 1.88 bits per heavy atom. The number of nitrogens with zero attached hydrogens (tertiary/aromatic N) is 2. The van der Waals surface area contributed by atoms with Crippen LogP contribution in [-0.4, -0.2) is 41.3 Å². The van der Waals surface area contributed by atoms with Gasteiger partial charge in [-0.05, 0) is 37.6 Å². The van der Waals surface area contributed by atoms with Crippen LogP contribution in [0.4, 0.5) is 10.2 Å². The third-order valence-corrected chi connectivity index (χ3v) is 6.10. The minimum atomic E-state index is -3.91. The van der Waals surface area contributed by atoms with E-state index in [0.29, 0.717) is 5.76 Å². The predicted molar refractivity (Wildman–Crippen MR) is 89.8 cm³/mol. The summed E-state index contributed by atoms with van der Waals surface area (Å²) < 4.78 is 69.6. The van der Waals surface area contributed by atoms with Crippen LogP contribution in [-0.2, 0) is 20.0 Å². The van der Waals surface area contributed by atoms with E-state index in [2.05, 4.69) is 9.88 Å². The predicted octanol–water partition coefficient (Wildman–Crippen LogP) is 1.18. The van der Waals surface area contributed by atoms with Gasteiger partial charge < -0.3 is 4.52 Å². The Kier molecular flexibility index (Phi) is 5.49. The van der Waals surface area contributed by atoms with Crippen LogP contribution in [0.15, 0.2) is 33.7 Å². The lowest BCUT2D eigenvalue weighted by molar-refractivity contribution is 0.398. The van der Waals surface area contributed by atoms with Gasteiger partial charge in [0.05, 0.1) is 11.2 Å². The van der Waals surface area contributed by atoms with Gasteiger partial charge in [-0.25, -0.2) is 30.3 Å². The zero-order chi connectivity index (χ0) is 18.8. The van der Waals surface area contributed by atoms with Crippen molar-refractivity contribution in [3.8, 4) is 0 Å². The third-order valence-electron chi connectivity index (χ3n) is 3.30. The molecule has 138 valence electrons. The highest BCUT2D eigenvalue weighted by Gasteiger charge is 2.22. The van der Waals surface area contributed by atoms with E-state index in [4.69, 9.17) is 4.52 Å². The number of rotatable bonds is 7. The van der Waals surface area contributed by atoms with Crippen LogP contribution in [0, 0.1) is 19.7 Å². The largest absolute Gasteiger partial charge is 0.360 e. The summed E-state index contributed by atoms with van der Waals surface area (Å²) in [5.41, 5.74) is 0.250. The molecule has 0 radical (unpaired) electrons. The summed E-state index contributed by atoms with van der Waals surface area (Å²) in [5.74, 6) is -0.0515. The molecule has 0 amide bonds. The van der Waals surface area contributed by atoms with E-state index in [1.165, 1.54) is 13.0 Å². The minimum Gasteiger partial charge on any atom is -0.360 e. The zero-order valence-electron chi connectivity index (χ0n) is 13.9. The lowest BCUT2D eigenvalue weighted by atomic mass is 10.2. The molecule has 1 aromatic carbocycles. The summed E-state index contributed by atoms with van der Waals surface area (Å²) in [6.45, 7) is 2.71. The first-order chi connectivity index (χ1) is 11.5. The fourth-order valence-electron chi connectivity index (χ4n) is 2.19. The Morgan fingerprint density at radius 1 is 1.20 bits per heavy atom. The standard InChI is InChI=1S/C14H18FN3O5S2/c1-10-8-12(15)4-5-13(10)25(21,22)16-6-7-18(24(3,19)20)14-9-11(2)23-17-14/h4-5,8-9,16H,6-7H2,1-3H3. The maximum atomic E-state index is 13.1. The van der Waals surface area contributed by atoms with Crippen LogP contribution in [0.5, 0.6) is 0 Å². The SMILES string of the molecule is Cc1cc(N(CCNS(=O)(=O)c2ccc(F)cc2C)S(C)(=O)=O)no1. The highest BCUT2D eigenvalue weighted by molar-refractivity contribution is 7.92. The van der Waals surface area contributed by atoms with Crippen molar-refractivity contribution in [2.45, 2.75) is 18.7 Å². The number of hydrogen-bond donors (Lipinski definition) is 1. The van der Waals surface area contributed by atoms with Gasteiger partial charge in [-0.3, -0.25) is 0 Å². The van der Waals surface area contributed by atoms with Gasteiger partial charge in [-0.2, -0.15) is 0 Å². The molecule has 25 heavy (non-hydrogen) atoms. The first-order valence-corrected chi connectivity index (χ1v) is 10.5. The van der Waals surface area contributed by atoms with Gasteiger partial charge >= 0.3 is 0 Å². The van der Waals surface area contributed by atoms with Crippen molar-refractivity contribution in [3.05, 3.63) is 41.4 Å². The molecule has 1 aromatic heterocycles. The normalized spacial score (nSPS) is 12.3. The summed E-state index contributed by atoms with van der Waals surface area (Å²) in [6.07, 6.45) is 0.982. The smallest absolute Gasteiger partial charge is 0.240 e. The van der Waals surface area contributed by atoms with Gasteiger partial charge in [0.1, 0.15) is 11.6 Å². The zero-order valence-corrected chi connectivity index (χ0v) is 15.5. The second-order valence-electron chi connectivity index (χ2n) is 5.44. The van der Waals surface area contributed by atoms with E-state index in [1.807, 2.05) is 0 Å². The Morgan fingerprint density at radius 3 is 2.40 bits per heavy atom. The minimum absolute atomic E-state index is 0.0668. The lowest BCUT2D eigenvalue weighted by Crippen LogP contribution is -2.38. The molecule has 0 fully saturated rings. The third kappa shape index (κ3) is 4.77. The van der Waals surface area contributed by atoms with E-state index >= 15 is 0 Å². The van der Waals surface area contributed by atoms with E-state index in [1.54, 1.807) is 6.92 Å². The van der Waals surface area contributed by atoms with E-state index in [-0.39, 0.29) is 29.4 Å². The van der Waals surface area contributed by atoms with Crippen molar-refractivity contribution in [1.82, 2.24) is 9.88 Å². The van der Waals surface area contributed by atoms with Crippen LogP contribution >= 0.6 is 0 Å². The molecule has 0 saturated carbocycles. The van der Waals surface area contributed by atoms with Gasteiger partial charge in [0.2, 0.25) is 20.0 Å². The molecule has 0 unspecified atom stereocenters. The molecule has 0 aliphatic rings. The van der Waals surface area contributed by atoms with Crippen molar-refractivity contribution in [3.63, 3.8) is 0 Å². The van der Waals surface area contributed by atoms with Crippen molar-refractivity contribution in [1.29, 1.82) is 0 Å². The summed E-state index contributed by atoms with van der Waals surface area (Å²) >= 11 is 0. The maximum Gasteiger partial charge on any atom is 0.240 e. The molecule has 1 N–H and O–H groups in total. The fourth-order valence-corrected chi connectivity index (χ4v) is 4.29. The topological polar surface area (TPSA) is 110 Å². The molecule has 8 nitrogen and oxygen atoms in total. The van der Waals surface area contributed by atoms with Crippen molar-refractivity contribution >= 4 is 25.9 Å². The highest BCUT2D eigenvalue weighted by atomic mass is 32.2. The summed E-state index contributed by atoms with van der Waals surface area (Å²) in [6, 6.07) is 4.74. The molecular weight excluding hydrogens is 373 g/mol. The molecule has 0 aliphatic carbocycles. The lowest BCUT2D eigenvalue weighted by Gasteiger charge is -2.19.